The van der Waals surface area contributed by atoms with Crippen LogP contribution in [-0.2, 0) is 9.53 Å². The van der Waals surface area contributed by atoms with Crippen LogP contribution in [-0.4, -0.2) is 30.3 Å². The van der Waals surface area contributed by atoms with Crippen molar-refractivity contribution < 1.29 is 9.53 Å². The normalized spacial score (nSPS) is 17.1. The molecule has 0 amide bonds. The molecule has 0 radical (unpaired) electrons. The van der Waals surface area contributed by atoms with Crippen LogP contribution in [0.3, 0.4) is 0 Å². The van der Waals surface area contributed by atoms with Gasteiger partial charge in [-0.3, -0.25) is 0 Å². The van der Waals surface area contributed by atoms with Crippen LogP contribution in [0.15, 0.2) is 0 Å². The highest BCUT2D eigenvalue weighted by atomic mass is 35.5. The van der Waals surface area contributed by atoms with Crippen LogP contribution >= 0.6 is 23.2 Å². The average Bonchev–Trinajstić information content (AvgIpc) is 2.78. The van der Waals surface area contributed by atoms with Crippen molar-refractivity contribution in [3.63, 3.8) is 0 Å². The molecular weight excluding hydrogens is 415 g/mol. The SMILES string of the molecule is O=CC(CCCCCCCCCCCCCCCCOC1CCCCC1)C(Cl)CCl. The maximum absolute atomic E-state index is 11.0. The van der Waals surface area contributed by atoms with Crippen molar-refractivity contribution in [2.45, 2.75) is 140 Å². The zero-order chi connectivity index (χ0) is 21.7. The molecule has 2 nitrogen and oxygen atoms in total. The fourth-order valence-electron chi connectivity index (χ4n) is 4.53. The van der Waals surface area contributed by atoms with Crippen LogP contribution < -0.4 is 0 Å². The van der Waals surface area contributed by atoms with Gasteiger partial charge in [-0.05, 0) is 25.7 Å². The Morgan fingerprint density at radius 2 is 1.20 bits per heavy atom. The molecule has 2 atom stereocenters. The first-order chi connectivity index (χ1) is 14.8. The van der Waals surface area contributed by atoms with Gasteiger partial charge in [0.2, 0.25) is 0 Å². The van der Waals surface area contributed by atoms with E-state index >= 15 is 0 Å². The van der Waals surface area contributed by atoms with E-state index in [0.29, 0.717) is 12.0 Å². The van der Waals surface area contributed by atoms with Crippen molar-refractivity contribution in [3.8, 4) is 0 Å². The Balaban J connectivity index is 1.72. The van der Waals surface area contributed by atoms with Crippen LogP contribution in [0.4, 0.5) is 0 Å². The Kier molecular flexibility index (Phi) is 19.8. The molecule has 1 aliphatic rings. The Morgan fingerprint density at radius 1 is 0.733 bits per heavy atom. The highest BCUT2D eigenvalue weighted by molar-refractivity contribution is 6.28. The van der Waals surface area contributed by atoms with Gasteiger partial charge in [0.1, 0.15) is 6.29 Å². The molecule has 0 aliphatic heterocycles. The smallest absolute Gasteiger partial charge is 0.124 e. The minimum Gasteiger partial charge on any atom is -0.378 e. The van der Waals surface area contributed by atoms with Crippen LogP contribution in [0.1, 0.15) is 128 Å². The summed E-state index contributed by atoms with van der Waals surface area (Å²) in [5.41, 5.74) is 0. The minimum atomic E-state index is -0.204. The molecule has 0 spiro atoms. The van der Waals surface area contributed by atoms with Crippen molar-refractivity contribution in [3.05, 3.63) is 0 Å². The summed E-state index contributed by atoms with van der Waals surface area (Å²) in [5, 5.41) is -0.204. The van der Waals surface area contributed by atoms with Gasteiger partial charge in [0.05, 0.1) is 11.5 Å². The van der Waals surface area contributed by atoms with Gasteiger partial charge in [-0.1, -0.05) is 103 Å². The second kappa shape index (κ2) is 21.1. The topological polar surface area (TPSA) is 26.3 Å². The third-order valence-electron chi connectivity index (χ3n) is 6.62. The van der Waals surface area contributed by atoms with E-state index in [1.807, 2.05) is 0 Å². The molecule has 1 aliphatic carbocycles. The van der Waals surface area contributed by atoms with Crippen molar-refractivity contribution in [1.82, 2.24) is 0 Å². The summed E-state index contributed by atoms with van der Waals surface area (Å²) in [6.07, 6.45) is 27.8. The number of aldehydes is 1. The fourth-order valence-corrected chi connectivity index (χ4v) is 4.95. The van der Waals surface area contributed by atoms with E-state index in [1.54, 1.807) is 0 Å². The zero-order valence-corrected chi connectivity index (χ0v) is 21.0. The van der Waals surface area contributed by atoms with E-state index in [-0.39, 0.29) is 11.3 Å². The number of hydrogen-bond acceptors (Lipinski definition) is 2. The quantitative estimate of drug-likeness (QED) is 0.0965. The lowest BCUT2D eigenvalue weighted by molar-refractivity contribution is -0.111. The molecule has 0 saturated heterocycles. The number of unbranched alkanes of at least 4 members (excludes halogenated alkanes) is 13. The number of alkyl halides is 2. The Labute approximate surface area is 197 Å². The summed E-state index contributed by atoms with van der Waals surface area (Å²) in [5.74, 6) is 0.291. The molecule has 0 bridgehead atoms. The van der Waals surface area contributed by atoms with Crippen LogP contribution in [0.2, 0.25) is 0 Å². The lowest BCUT2D eigenvalue weighted by atomic mass is 9.98. The molecule has 1 fully saturated rings. The molecule has 2 unspecified atom stereocenters. The lowest BCUT2D eigenvalue weighted by Gasteiger charge is -2.21. The van der Waals surface area contributed by atoms with E-state index in [9.17, 15) is 4.79 Å². The van der Waals surface area contributed by atoms with E-state index in [1.165, 1.54) is 116 Å². The Bertz CT molecular complexity index is 372. The number of ether oxygens (including phenoxy) is 1. The molecule has 0 heterocycles. The molecule has 1 rings (SSSR count). The number of halogens is 2. The summed E-state index contributed by atoms with van der Waals surface area (Å²) in [7, 11) is 0. The van der Waals surface area contributed by atoms with E-state index in [4.69, 9.17) is 27.9 Å². The third kappa shape index (κ3) is 15.9. The molecule has 0 aromatic carbocycles. The summed E-state index contributed by atoms with van der Waals surface area (Å²) in [6.45, 7) is 0.989. The van der Waals surface area contributed by atoms with Gasteiger partial charge < -0.3 is 9.53 Å². The minimum absolute atomic E-state index is 0.0703. The fraction of sp³-hybridized carbons (Fsp3) is 0.962. The highest BCUT2D eigenvalue weighted by Gasteiger charge is 2.17. The number of carbonyl (C=O) groups is 1. The van der Waals surface area contributed by atoms with Crippen molar-refractivity contribution >= 4 is 29.5 Å². The first-order valence-electron chi connectivity index (χ1n) is 13.0. The van der Waals surface area contributed by atoms with Gasteiger partial charge >= 0.3 is 0 Å². The van der Waals surface area contributed by atoms with E-state index in [2.05, 4.69) is 0 Å². The maximum atomic E-state index is 11.0. The maximum Gasteiger partial charge on any atom is 0.124 e. The van der Waals surface area contributed by atoms with Crippen LogP contribution in [0.25, 0.3) is 0 Å². The molecule has 0 aromatic heterocycles. The summed E-state index contributed by atoms with van der Waals surface area (Å²) >= 11 is 11.8. The largest absolute Gasteiger partial charge is 0.378 e. The highest BCUT2D eigenvalue weighted by Crippen LogP contribution is 2.21. The third-order valence-corrected chi connectivity index (χ3v) is 7.59. The van der Waals surface area contributed by atoms with Gasteiger partial charge in [-0.15, -0.1) is 23.2 Å². The molecule has 0 N–H and O–H groups in total. The number of hydrogen-bond donors (Lipinski definition) is 0. The molecule has 178 valence electrons. The van der Waals surface area contributed by atoms with Crippen molar-refractivity contribution in [2.75, 3.05) is 12.5 Å². The van der Waals surface area contributed by atoms with E-state index < -0.39 is 0 Å². The zero-order valence-electron chi connectivity index (χ0n) is 19.4. The van der Waals surface area contributed by atoms with Crippen LogP contribution in [0.5, 0.6) is 0 Å². The van der Waals surface area contributed by atoms with Crippen molar-refractivity contribution in [2.24, 2.45) is 5.92 Å². The average molecular weight is 464 g/mol. The first-order valence-corrected chi connectivity index (χ1v) is 14.0. The summed E-state index contributed by atoms with van der Waals surface area (Å²) < 4.78 is 6.00. The first kappa shape index (κ1) is 28.2. The van der Waals surface area contributed by atoms with Gasteiger partial charge in [0.25, 0.3) is 0 Å². The van der Waals surface area contributed by atoms with E-state index in [0.717, 1.165) is 25.7 Å². The van der Waals surface area contributed by atoms with Gasteiger partial charge in [0, 0.05) is 18.4 Å². The van der Waals surface area contributed by atoms with Crippen LogP contribution in [0, 0.1) is 5.92 Å². The Hall–Kier alpha value is 0.210. The standard InChI is InChI=1S/C26H48Cl2O2/c27-22-26(28)24(23-29)18-14-11-9-7-5-3-1-2-4-6-8-10-12-17-21-30-25-19-15-13-16-20-25/h23-26H,1-22H2. The monoisotopic (exact) mass is 462 g/mol. The van der Waals surface area contributed by atoms with Gasteiger partial charge in [-0.25, -0.2) is 0 Å². The molecule has 0 aromatic rings. The van der Waals surface area contributed by atoms with Gasteiger partial charge in [0.15, 0.2) is 0 Å². The predicted octanol–water partition coefficient (Wildman–Crippen LogP) is 8.85. The molecule has 30 heavy (non-hydrogen) atoms. The summed E-state index contributed by atoms with van der Waals surface area (Å²) in [4.78, 5) is 11.0. The second-order valence-electron chi connectivity index (χ2n) is 9.34. The number of rotatable bonds is 21. The Morgan fingerprint density at radius 3 is 1.67 bits per heavy atom. The molecule has 4 heteroatoms. The number of carbonyl (C=O) groups excluding carboxylic acids is 1. The second-order valence-corrected chi connectivity index (χ2v) is 10.2. The van der Waals surface area contributed by atoms with Gasteiger partial charge in [-0.2, -0.15) is 0 Å². The molecule has 1 saturated carbocycles. The lowest BCUT2D eigenvalue weighted by Crippen LogP contribution is -2.17. The summed E-state index contributed by atoms with van der Waals surface area (Å²) in [6, 6.07) is 0. The molecular formula is C26H48Cl2O2. The predicted molar refractivity (Wildman–Crippen MR) is 132 cm³/mol. The van der Waals surface area contributed by atoms with Crippen molar-refractivity contribution in [1.29, 1.82) is 0 Å².